The first-order valence-corrected chi connectivity index (χ1v) is 6.76. The van der Waals surface area contributed by atoms with E-state index in [1.807, 2.05) is 6.92 Å². The smallest absolute Gasteiger partial charge is 0.308 e. The summed E-state index contributed by atoms with van der Waals surface area (Å²) in [6, 6.07) is 0. The molecule has 2 aliphatic rings. The molecule has 0 bridgehead atoms. The van der Waals surface area contributed by atoms with E-state index in [-0.39, 0.29) is 17.9 Å². The van der Waals surface area contributed by atoms with Crippen molar-refractivity contribution in [3.05, 3.63) is 0 Å². The van der Waals surface area contributed by atoms with Gasteiger partial charge in [0, 0.05) is 19.7 Å². The highest BCUT2D eigenvalue weighted by Crippen LogP contribution is 2.27. The number of ether oxygens (including phenoxy) is 1. The maximum absolute atomic E-state index is 12.4. The average molecular weight is 255 g/mol. The van der Waals surface area contributed by atoms with Gasteiger partial charge in [-0.15, -0.1) is 0 Å². The van der Waals surface area contributed by atoms with Gasteiger partial charge in [-0.05, 0) is 25.7 Å². The molecule has 2 rings (SSSR count). The summed E-state index contributed by atoms with van der Waals surface area (Å²) in [5.41, 5.74) is 0. The molecule has 0 radical (unpaired) electrons. The first-order valence-electron chi connectivity index (χ1n) is 6.76. The fraction of sp³-hybridized carbons (Fsp3) is 0.846. The second kappa shape index (κ2) is 5.69. The van der Waals surface area contributed by atoms with Crippen LogP contribution in [0.2, 0.25) is 0 Å². The van der Waals surface area contributed by atoms with E-state index in [0.717, 1.165) is 19.3 Å². The fourth-order valence-corrected chi connectivity index (χ4v) is 2.95. The van der Waals surface area contributed by atoms with Crippen molar-refractivity contribution in [3.63, 3.8) is 0 Å². The topological polar surface area (TPSA) is 66.8 Å². The van der Waals surface area contributed by atoms with Gasteiger partial charge in [0.15, 0.2) is 0 Å². The molecule has 2 unspecified atom stereocenters. The zero-order valence-electron chi connectivity index (χ0n) is 10.8. The maximum Gasteiger partial charge on any atom is 0.308 e. The second-order valence-electron chi connectivity index (χ2n) is 5.17. The van der Waals surface area contributed by atoms with Crippen LogP contribution in [0.1, 0.15) is 32.6 Å². The molecule has 1 N–H and O–H groups in total. The summed E-state index contributed by atoms with van der Waals surface area (Å²) >= 11 is 0. The largest absolute Gasteiger partial charge is 0.481 e. The van der Waals surface area contributed by atoms with Crippen molar-refractivity contribution in [3.8, 4) is 0 Å². The van der Waals surface area contributed by atoms with Crippen molar-refractivity contribution in [1.82, 2.24) is 4.90 Å². The Hall–Kier alpha value is -1.10. The van der Waals surface area contributed by atoms with Crippen LogP contribution in [0, 0.1) is 11.8 Å². The van der Waals surface area contributed by atoms with Crippen molar-refractivity contribution >= 4 is 11.9 Å². The van der Waals surface area contributed by atoms with E-state index < -0.39 is 11.9 Å². The summed E-state index contributed by atoms with van der Waals surface area (Å²) in [4.78, 5) is 25.1. The molecule has 18 heavy (non-hydrogen) atoms. The molecule has 0 aromatic carbocycles. The third kappa shape index (κ3) is 2.66. The number of rotatable bonds is 3. The van der Waals surface area contributed by atoms with E-state index in [9.17, 15) is 9.59 Å². The third-order valence-electron chi connectivity index (χ3n) is 4.01. The zero-order chi connectivity index (χ0) is 13.1. The Balaban J connectivity index is 1.98. The quantitative estimate of drug-likeness (QED) is 0.820. The SMILES string of the molecule is CCC1OCCC1C(=O)N1CCC[C@H](C(=O)O)C1. The van der Waals surface area contributed by atoms with Crippen molar-refractivity contribution in [2.45, 2.75) is 38.7 Å². The monoisotopic (exact) mass is 255 g/mol. The Morgan fingerprint density at radius 2 is 2.17 bits per heavy atom. The number of carbonyl (C=O) groups is 2. The predicted molar refractivity (Wildman–Crippen MR) is 65.1 cm³/mol. The minimum atomic E-state index is -0.790. The number of carbonyl (C=O) groups excluding carboxylic acids is 1. The molecule has 0 aromatic heterocycles. The van der Waals surface area contributed by atoms with Crippen LogP contribution in [0.15, 0.2) is 0 Å². The highest BCUT2D eigenvalue weighted by molar-refractivity contribution is 5.81. The third-order valence-corrected chi connectivity index (χ3v) is 4.01. The van der Waals surface area contributed by atoms with Crippen molar-refractivity contribution in [2.75, 3.05) is 19.7 Å². The fourth-order valence-electron chi connectivity index (χ4n) is 2.95. The Kier molecular flexibility index (Phi) is 4.22. The van der Waals surface area contributed by atoms with E-state index in [2.05, 4.69) is 0 Å². The summed E-state index contributed by atoms with van der Waals surface area (Å²) < 4.78 is 5.54. The summed E-state index contributed by atoms with van der Waals surface area (Å²) in [7, 11) is 0. The highest BCUT2D eigenvalue weighted by atomic mass is 16.5. The van der Waals surface area contributed by atoms with E-state index in [1.54, 1.807) is 4.90 Å². The predicted octanol–water partition coefficient (Wildman–Crippen LogP) is 1.12. The van der Waals surface area contributed by atoms with Crippen molar-refractivity contribution in [2.24, 2.45) is 11.8 Å². The van der Waals surface area contributed by atoms with Gasteiger partial charge in [-0.2, -0.15) is 0 Å². The van der Waals surface area contributed by atoms with Gasteiger partial charge in [-0.1, -0.05) is 6.92 Å². The molecule has 2 heterocycles. The van der Waals surface area contributed by atoms with Gasteiger partial charge in [0.25, 0.3) is 0 Å². The van der Waals surface area contributed by atoms with Gasteiger partial charge >= 0.3 is 5.97 Å². The molecule has 102 valence electrons. The first kappa shape index (κ1) is 13.3. The number of hydrogen-bond donors (Lipinski definition) is 1. The molecular weight excluding hydrogens is 234 g/mol. The molecule has 2 fully saturated rings. The number of amides is 1. The molecule has 0 aliphatic carbocycles. The lowest BCUT2D eigenvalue weighted by Gasteiger charge is -2.33. The molecule has 5 nitrogen and oxygen atoms in total. The van der Waals surface area contributed by atoms with Gasteiger partial charge in [-0.3, -0.25) is 9.59 Å². The molecule has 3 atom stereocenters. The van der Waals surface area contributed by atoms with E-state index >= 15 is 0 Å². The number of carboxylic acids is 1. The molecule has 1 amide bonds. The van der Waals surface area contributed by atoms with E-state index in [1.165, 1.54) is 0 Å². The lowest BCUT2D eigenvalue weighted by Crippen LogP contribution is -2.46. The number of nitrogens with zero attached hydrogens (tertiary/aromatic N) is 1. The van der Waals surface area contributed by atoms with Crippen molar-refractivity contribution in [1.29, 1.82) is 0 Å². The van der Waals surface area contributed by atoms with Crippen LogP contribution in [0.25, 0.3) is 0 Å². The Morgan fingerprint density at radius 1 is 1.39 bits per heavy atom. The highest BCUT2D eigenvalue weighted by Gasteiger charge is 2.37. The number of piperidine rings is 1. The number of aliphatic carboxylic acids is 1. The van der Waals surface area contributed by atoms with Crippen LogP contribution < -0.4 is 0 Å². The van der Waals surface area contributed by atoms with Crippen LogP contribution in [0.4, 0.5) is 0 Å². The summed E-state index contributed by atoms with van der Waals surface area (Å²) in [6.45, 7) is 3.72. The number of carboxylic acid groups (broad SMARTS) is 1. The molecular formula is C13H21NO4. The van der Waals surface area contributed by atoms with Gasteiger partial charge < -0.3 is 14.7 Å². The number of hydrogen-bond acceptors (Lipinski definition) is 3. The molecule has 0 spiro atoms. The van der Waals surface area contributed by atoms with Crippen LogP contribution in [0.5, 0.6) is 0 Å². The van der Waals surface area contributed by atoms with Crippen LogP contribution >= 0.6 is 0 Å². The van der Waals surface area contributed by atoms with Crippen molar-refractivity contribution < 1.29 is 19.4 Å². The molecule has 5 heteroatoms. The molecule has 0 aromatic rings. The van der Waals surface area contributed by atoms with E-state index in [0.29, 0.717) is 26.1 Å². The normalized spacial score (nSPS) is 32.5. The molecule has 0 saturated carbocycles. The Morgan fingerprint density at radius 3 is 2.83 bits per heavy atom. The number of likely N-dealkylation sites (tertiary alicyclic amines) is 1. The summed E-state index contributed by atoms with van der Waals surface area (Å²) in [5, 5.41) is 9.04. The summed E-state index contributed by atoms with van der Waals surface area (Å²) in [5.74, 6) is -1.17. The lowest BCUT2D eigenvalue weighted by atomic mass is 9.93. The van der Waals surface area contributed by atoms with Crippen LogP contribution in [-0.4, -0.2) is 47.7 Å². The minimum absolute atomic E-state index is 0.0164. The maximum atomic E-state index is 12.4. The molecule has 2 saturated heterocycles. The minimum Gasteiger partial charge on any atom is -0.481 e. The van der Waals surface area contributed by atoms with Crippen LogP contribution in [0.3, 0.4) is 0 Å². The zero-order valence-corrected chi connectivity index (χ0v) is 10.8. The molecule has 2 aliphatic heterocycles. The van der Waals surface area contributed by atoms with Gasteiger partial charge in [0.05, 0.1) is 17.9 Å². The Labute approximate surface area is 107 Å². The standard InChI is InChI=1S/C13H21NO4/c1-2-11-10(5-7-18-11)12(15)14-6-3-4-9(8-14)13(16)17/h9-11H,2-8H2,1H3,(H,16,17)/t9-,10?,11?/m0/s1. The van der Waals surface area contributed by atoms with E-state index in [4.69, 9.17) is 9.84 Å². The Bertz CT molecular complexity index is 331. The van der Waals surface area contributed by atoms with Gasteiger partial charge in [0.1, 0.15) is 0 Å². The first-order chi connectivity index (χ1) is 8.63. The summed E-state index contributed by atoms with van der Waals surface area (Å²) in [6.07, 6.45) is 3.09. The van der Waals surface area contributed by atoms with Gasteiger partial charge in [0.2, 0.25) is 5.91 Å². The lowest BCUT2D eigenvalue weighted by molar-refractivity contribution is -0.147. The average Bonchev–Trinajstić information content (AvgIpc) is 2.86. The van der Waals surface area contributed by atoms with Gasteiger partial charge in [-0.25, -0.2) is 0 Å². The second-order valence-corrected chi connectivity index (χ2v) is 5.17. The van der Waals surface area contributed by atoms with Crippen LogP contribution in [-0.2, 0) is 14.3 Å².